The largest absolute Gasteiger partial charge is 0.465 e. The molecule has 0 bridgehead atoms. The maximum atomic E-state index is 10.9. The highest BCUT2D eigenvalue weighted by Gasteiger charge is 2.22. The Labute approximate surface area is 111 Å². The second-order valence-electron chi connectivity index (χ2n) is 4.81. The normalized spacial score (nSPS) is 19.2. The van der Waals surface area contributed by atoms with Crippen LogP contribution in [0.2, 0.25) is 0 Å². The molecule has 0 aliphatic carbocycles. The Morgan fingerprint density at radius 2 is 2.05 bits per heavy atom. The first-order valence-corrected chi connectivity index (χ1v) is 6.52. The van der Waals surface area contributed by atoms with E-state index < -0.39 is 6.09 Å². The predicted octanol–water partition coefficient (Wildman–Crippen LogP) is -0.0777. The number of hydrogen-bond donors (Lipinski definition) is 2. The SMILES string of the molecule is O=C(O)N1CCN(c2cnc3c(n2)CNCC3)CC1. The van der Waals surface area contributed by atoms with Crippen LogP contribution >= 0.6 is 0 Å². The second kappa shape index (κ2) is 5.00. The first-order valence-electron chi connectivity index (χ1n) is 6.52. The quantitative estimate of drug-likeness (QED) is 0.737. The summed E-state index contributed by atoms with van der Waals surface area (Å²) in [4.78, 5) is 23.5. The summed E-state index contributed by atoms with van der Waals surface area (Å²) in [5.41, 5.74) is 2.09. The lowest BCUT2D eigenvalue weighted by atomic mass is 10.2. The number of hydrogen-bond acceptors (Lipinski definition) is 5. The number of rotatable bonds is 1. The molecule has 2 aliphatic rings. The fraction of sp³-hybridized carbons (Fsp3) is 0.583. The first-order chi connectivity index (χ1) is 9.24. The number of nitrogens with zero attached hydrogens (tertiary/aromatic N) is 4. The Hall–Kier alpha value is -1.89. The van der Waals surface area contributed by atoms with E-state index in [4.69, 9.17) is 5.11 Å². The third-order valence-corrected chi connectivity index (χ3v) is 3.62. The van der Waals surface area contributed by atoms with Gasteiger partial charge in [-0.15, -0.1) is 0 Å². The van der Waals surface area contributed by atoms with Crippen LogP contribution in [0.4, 0.5) is 10.6 Å². The number of piperazine rings is 1. The predicted molar refractivity (Wildman–Crippen MR) is 69.3 cm³/mol. The highest BCUT2D eigenvalue weighted by molar-refractivity contribution is 5.65. The van der Waals surface area contributed by atoms with Crippen molar-refractivity contribution in [1.29, 1.82) is 0 Å². The van der Waals surface area contributed by atoms with E-state index in [2.05, 4.69) is 20.2 Å². The van der Waals surface area contributed by atoms with Crippen molar-refractivity contribution >= 4 is 11.9 Å². The van der Waals surface area contributed by atoms with Crippen LogP contribution in [-0.4, -0.2) is 58.8 Å². The van der Waals surface area contributed by atoms with Gasteiger partial charge < -0.3 is 20.2 Å². The lowest BCUT2D eigenvalue weighted by Crippen LogP contribution is -2.48. The summed E-state index contributed by atoms with van der Waals surface area (Å²) in [6.45, 7) is 4.11. The van der Waals surface area contributed by atoms with Crippen LogP contribution in [-0.2, 0) is 13.0 Å². The average Bonchev–Trinajstić information content (AvgIpc) is 2.47. The molecule has 3 rings (SSSR count). The maximum absolute atomic E-state index is 10.9. The molecule has 1 aromatic heterocycles. The van der Waals surface area contributed by atoms with Gasteiger partial charge in [-0.05, 0) is 0 Å². The third-order valence-electron chi connectivity index (χ3n) is 3.62. The van der Waals surface area contributed by atoms with Gasteiger partial charge in [0.2, 0.25) is 0 Å². The van der Waals surface area contributed by atoms with Gasteiger partial charge in [0.1, 0.15) is 5.82 Å². The molecule has 102 valence electrons. The molecule has 1 saturated heterocycles. The van der Waals surface area contributed by atoms with Crippen LogP contribution in [0.5, 0.6) is 0 Å². The fourth-order valence-electron chi connectivity index (χ4n) is 2.49. The summed E-state index contributed by atoms with van der Waals surface area (Å²) in [6, 6.07) is 0. The Bertz CT molecular complexity index is 485. The summed E-state index contributed by atoms with van der Waals surface area (Å²) in [5.74, 6) is 0.854. The fourth-order valence-corrected chi connectivity index (χ4v) is 2.49. The van der Waals surface area contributed by atoms with E-state index in [1.807, 2.05) is 0 Å². The van der Waals surface area contributed by atoms with Gasteiger partial charge >= 0.3 is 6.09 Å². The molecule has 1 amide bonds. The van der Waals surface area contributed by atoms with E-state index in [1.54, 1.807) is 6.20 Å². The Morgan fingerprint density at radius 3 is 2.79 bits per heavy atom. The summed E-state index contributed by atoms with van der Waals surface area (Å²) in [5, 5.41) is 12.2. The van der Waals surface area contributed by atoms with Crippen molar-refractivity contribution in [3.05, 3.63) is 17.6 Å². The molecular formula is C12H17N5O2. The minimum Gasteiger partial charge on any atom is -0.465 e. The zero-order valence-corrected chi connectivity index (χ0v) is 10.7. The van der Waals surface area contributed by atoms with Crippen molar-refractivity contribution in [3.8, 4) is 0 Å². The molecule has 2 N–H and O–H groups in total. The smallest absolute Gasteiger partial charge is 0.407 e. The summed E-state index contributed by atoms with van der Waals surface area (Å²) in [7, 11) is 0. The van der Waals surface area contributed by atoms with Gasteiger partial charge in [-0.2, -0.15) is 0 Å². The average molecular weight is 263 g/mol. The minimum absolute atomic E-state index is 0.520. The second-order valence-corrected chi connectivity index (χ2v) is 4.81. The van der Waals surface area contributed by atoms with Gasteiger partial charge in [0, 0.05) is 45.7 Å². The highest BCUT2D eigenvalue weighted by atomic mass is 16.4. The van der Waals surface area contributed by atoms with Gasteiger partial charge in [0.25, 0.3) is 0 Å². The Kier molecular flexibility index (Phi) is 3.20. The molecule has 7 nitrogen and oxygen atoms in total. The zero-order valence-electron chi connectivity index (χ0n) is 10.7. The van der Waals surface area contributed by atoms with Crippen LogP contribution in [0.3, 0.4) is 0 Å². The molecule has 0 atom stereocenters. The molecule has 1 aromatic rings. The summed E-state index contributed by atoms with van der Waals surface area (Å²) in [6.07, 6.45) is 1.89. The third kappa shape index (κ3) is 2.46. The van der Waals surface area contributed by atoms with E-state index >= 15 is 0 Å². The van der Waals surface area contributed by atoms with Gasteiger partial charge in [-0.1, -0.05) is 0 Å². The van der Waals surface area contributed by atoms with Gasteiger partial charge in [0.05, 0.1) is 17.6 Å². The zero-order chi connectivity index (χ0) is 13.2. The van der Waals surface area contributed by atoms with Crippen molar-refractivity contribution in [2.45, 2.75) is 13.0 Å². The number of anilines is 1. The number of fused-ring (bicyclic) bond motifs is 1. The van der Waals surface area contributed by atoms with Gasteiger partial charge in [-0.25, -0.2) is 9.78 Å². The maximum Gasteiger partial charge on any atom is 0.407 e. The van der Waals surface area contributed by atoms with E-state index in [1.165, 1.54) is 4.90 Å². The molecule has 19 heavy (non-hydrogen) atoms. The molecule has 0 radical (unpaired) electrons. The van der Waals surface area contributed by atoms with Crippen molar-refractivity contribution in [2.75, 3.05) is 37.6 Å². The van der Waals surface area contributed by atoms with E-state index in [0.717, 1.165) is 36.7 Å². The molecule has 7 heteroatoms. The van der Waals surface area contributed by atoms with Crippen molar-refractivity contribution in [1.82, 2.24) is 20.2 Å². The molecular weight excluding hydrogens is 246 g/mol. The number of carboxylic acid groups (broad SMARTS) is 1. The summed E-state index contributed by atoms with van der Waals surface area (Å²) >= 11 is 0. The highest BCUT2D eigenvalue weighted by Crippen LogP contribution is 2.16. The van der Waals surface area contributed by atoms with Crippen molar-refractivity contribution in [3.63, 3.8) is 0 Å². The van der Waals surface area contributed by atoms with Crippen LogP contribution in [0.15, 0.2) is 6.20 Å². The topological polar surface area (TPSA) is 81.6 Å². The van der Waals surface area contributed by atoms with Crippen molar-refractivity contribution in [2.24, 2.45) is 0 Å². The van der Waals surface area contributed by atoms with Crippen molar-refractivity contribution < 1.29 is 9.90 Å². The Balaban J connectivity index is 1.71. The number of nitrogens with one attached hydrogen (secondary N) is 1. The molecule has 0 saturated carbocycles. The molecule has 3 heterocycles. The number of aromatic nitrogens is 2. The Morgan fingerprint density at radius 1 is 1.26 bits per heavy atom. The van der Waals surface area contributed by atoms with Gasteiger partial charge in [-0.3, -0.25) is 4.98 Å². The molecule has 0 unspecified atom stereocenters. The van der Waals surface area contributed by atoms with E-state index in [0.29, 0.717) is 26.2 Å². The van der Waals surface area contributed by atoms with Crippen LogP contribution in [0, 0.1) is 0 Å². The van der Waals surface area contributed by atoms with E-state index in [9.17, 15) is 4.79 Å². The molecule has 0 spiro atoms. The molecule has 0 aromatic carbocycles. The van der Waals surface area contributed by atoms with Crippen LogP contribution in [0.1, 0.15) is 11.4 Å². The number of carbonyl (C=O) groups is 1. The standard InChI is InChI=1S/C12H17N5O2/c18-12(19)17-5-3-16(4-6-17)11-8-14-9-1-2-13-7-10(9)15-11/h8,13H,1-7H2,(H,18,19). The molecule has 2 aliphatic heterocycles. The monoisotopic (exact) mass is 263 g/mol. The van der Waals surface area contributed by atoms with E-state index in [-0.39, 0.29) is 0 Å². The summed E-state index contributed by atoms with van der Waals surface area (Å²) < 4.78 is 0. The van der Waals surface area contributed by atoms with Crippen LogP contribution < -0.4 is 10.2 Å². The lowest BCUT2D eigenvalue weighted by molar-refractivity contribution is 0.142. The minimum atomic E-state index is -0.847. The van der Waals surface area contributed by atoms with Gasteiger partial charge in [0.15, 0.2) is 0 Å². The first kappa shape index (κ1) is 12.2. The van der Waals surface area contributed by atoms with Crippen LogP contribution in [0.25, 0.3) is 0 Å². The number of amides is 1. The molecule has 1 fully saturated rings. The lowest BCUT2D eigenvalue weighted by Gasteiger charge is -2.34.